The maximum atomic E-state index is 13.7. The Kier molecular flexibility index (Phi) is 7.29. The summed E-state index contributed by atoms with van der Waals surface area (Å²) in [6.45, 7) is 4.58. The van der Waals surface area contributed by atoms with Gasteiger partial charge in [-0.3, -0.25) is 4.79 Å². The summed E-state index contributed by atoms with van der Waals surface area (Å²) >= 11 is 0. The Labute approximate surface area is 201 Å². The molecule has 182 valence electrons. The third kappa shape index (κ3) is 4.98. The predicted molar refractivity (Wildman–Crippen MR) is 131 cm³/mol. The van der Waals surface area contributed by atoms with Crippen molar-refractivity contribution in [1.29, 1.82) is 0 Å². The summed E-state index contributed by atoms with van der Waals surface area (Å²) in [4.78, 5) is 28.5. The van der Waals surface area contributed by atoms with E-state index in [1.807, 2.05) is 61.2 Å². The maximum Gasteiger partial charge on any atom is 0.318 e. The monoisotopic (exact) mass is 465 g/mol. The first-order valence-electron chi connectivity index (χ1n) is 12.1. The number of amides is 3. The molecule has 1 aliphatic carbocycles. The number of hydrogen-bond donors (Lipinski definition) is 2. The number of rotatable bonds is 8. The summed E-state index contributed by atoms with van der Waals surface area (Å²) < 4.78 is 11.1. The van der Waals surface area contributed by atoms with Crippen LogP contribution < -0.4 is 20.1 Å². The highest BCUT2D eigenvalue weighted by molar-refractivity contribution is 5.88. The van der Waals surface area contributed by atoms with Gasteiger partial charge < -0.3 is 25.0 Å². The quantitative estimate of drug-likeness (QED) is 0.616. The zero-order valence-corrected chi connectivity index (χ0v) is 20.5. The van der Waals surface area contributed by atoms with E-state index in [0.29, 0.717) is 24.5 Å². The molecule has 0 saturated heterocycles. The molecule has 2 N–H and O–H groups in total. The lowest BCUT2D eigenvalue weighted by Gasteiger charge is -2.39. The van der Waals surface area contributed by atoms with E-state index in [4.69, 9.17) is 9.47 Å². The van der Waals surface area contributed by atoms with E-state index in [1.165, 1.54) is 0 Å². The first kappa shape index (κ1) is 23.9. The Morgan fingerprint density at radius 3 is 2.38 bits per heavy atom. The van der Waals surface area contributed by atoms with Crippen molar-refractivity contribution in [1.82, 2.24) is 15.5 Å². The summed E-state index contributed by atoms with van der Waals surface area (Å²) in [6.07, 6.45) is 3.51. The van der Waals surface area contributed by atoms with E-state index in [9.17, 15) is 9.59 Å². The zero-order chi connectivity index (χ0) is 24.2. The van der Waals surface area contributed by atoms with Gasteiger partial charge in [0.1, 0.15) is 6.04 Å². The summed E-state index contributed by atoms with van der Waals surface area (Å²) in [7, 11) is 3.24. The number of methoxy groups -OCH3 is 2. The molecule has 1 saturated carbocycles. The lowest BCUT2D eigenvalue weighted by molar-refractivity contribution is -0.124. The van der Waals surface area contributed by atoms with Crippen LogP contribution in [0.3, 0.4) is 0 Å². The van der Waals surface area contributed by atoms with Crippen LogP contribution in [-0.2, 0) is 11.2 Å². The zero-order valence-electron chi connectivity index (χ0n) is 20.5. The second-order valence-corrected chi connectivity index (χ2v) is 9.26. The van der Waals surface area contributed by atoms with Crippen molar-refractivity contribution in [3.8, 4) is 11.5 Å². The fourth-order valence-electron chi connectivity index (χ4n) is 4.60. The fraction of sp³-hybridized carbons (Fsp3) is 0.481. The maximum absolute atomic E-state index is 13.7. The standard InChI is InChI=1S/C27H35N3O4/c1-5-17(2)24(26(31)28-20-11-12-20)29-27(32)30-14-13-19-15-22(33-3)23(34-4)16-21(19)25(30)18-9-7-6-8-10-18/h6-10,15-17,20,24-25H,5,11-14H2,1-4H3,(H,28,31)(H,29,32)/t17?,24-,25?/m0/s1. The first-order valence-corrected chi connectivity index (χ1v) is 12.1. The van der Waals surface area contributed by atoms with Gasteiger partial charge in [-0.15, -0.1) is 0 Å². The van der Waals surface area contributed by atoms with Crippen LogP contribution in [0.1, 0.15) is 55.8 Å². The minimum absolute atomic E-state index is 0.0271. The second kappa shape index (κ2) is 10.4. The van der Waals surface area contributed by atoms with E-state index in [2.05, 4.69) is 10.6 Å². The van der Waals surface area contributed by atoms with Gasteiger partial charge in [0.25, 0.3) is 0 Å². The van der Waals surface area contributed by atoms with Gasteiger partial charge in [0.15, 0.2) is 11.5 Å². The molecule has 1 aliphatic heterocycles. The van der Waals surface area contributed by atoms with Crippen LogP contribution >= 0.6 is 0 Å². The average Bonchev–Trinajstić information content (AvgIpc) is 3.69. The van der Waals surface area contributed by atoms with Gasteiger partial charge in [0.2, 0.25) is 5.91 Å². The van der Waals surface area contributed by atoms with Crippen molar-refractivity contribution in [3.63, 3.8) is 0 Å². The Hall–Kier alpha value is -3.22. The molecule has 0 spiro atoms. The summed E-state index contributed by atoms with van der Waals surface area (Å²) in [5, 5.41) is 6.13. The Morgan fingerprint density at radius 1 is 1.09 bits per heavy atom. The van der Waals surface area contributed by atoms with Crippen LogP contribution in [0.2, 0.25) is 0 Å². The number of fused-ring (bicyclic) bond motifs is 1. The van der Waals surface area contributed by atoms with E-state index >= 15 is 0 Å². The topological polar surface area (TPSA) is 79.9 Å². The molecule has 2 aliphatic rings. The minimum Gasteiger partial charge on any atom is -0.493 e. The van der Waals surface area contributed by atoms with Gasteiger partial charge in [0, 0.05) is 12.6 Å². The molecule has 0 radical (unpaired) electrons. The number of hydrogen-bond acceptors (Lipinski definition) is 4. The molecule has 1 fully saturated rings. The molecule has 1 heterocycles. The normalized spacial score (nSPS) is 18.9. The first-order chi connectivity index (χ1) is 16.5. The van der Waals surface area contributed by atoms with Gasteiger partial charge in [-0.2, -0.15) is 0 Å². The van der Waals surface area contributed by atoms with Crippen LogP contribution in [0, 0.1) is 5.92 Å². The molecule has 3 amide bonds. The molecule has 4 rings (SSSR count). The lowest BCUT2D eigenvalue weighted by atomic mass is 9.87. The molecule has 0 aromatic heterocycles. The van der Waals surface area contributed by atoms with Gasteiger partial charge in [0.05, 0.1) is 20.3 Å². The van der Waals surface area contributed by atoms with Crippen molar-refractivity contribution in [2.45, 2.75) is 57.7 Å². The highest BCUT2D eigenvalue weighted by Crippen LogP contribution is 2.41. The number of benzene rings is 2. The SMILES string of the molecule is CCC(C)[C@H](NC(=O)N1CCc2cc(OC)c(OC)cc2C1c1ccccc1)C(=O)NC1CC1. The van der Waals surface area contributed by atoms with E-state index in [1.54, 1.807) is 14.2 Å². The van der Waals surface area contributed by atoms with E-state index in [0.717, 1.165) is 36.0 Å². The van der Waals surface area contributed by atoms with Gasteiger partial charge in [-0.1, -0.05) is 50.6 Å². The minimum atomic E-state index is -0.568. The lowest BCUT2D eigenvalue weighted by Crippen LogP contribution is -2.55. The average molecular weight is 466 g/mol. The Bertz CT molecular complexity index is 1020. The number of carbonyl (C=O) groups excluding carboxylic acids is 2. The Morgan fingerprint density at radius 2 is 1.76 bits per heavy atom. The predicted octanol–water partition coefficient (Wildman–Crippen LogP) is 4.05. The van der Waals surface area contributed by atoms with E-state index in [-0.39, 0.29) is 29.9 Å². The molecule has 34 heavy (non-hydrogen) atoms. The van der Waals surface area contributed by atoms with Crippen LogP contribution in [0.5, 0.6) is 11.5 Å². The number of nitrogens with zero attached hydrogens (tertiary/aromatic N) is 1. The van der Waals surface area contributed by atoms with E-state index < -0.39 is 6.04 Å². The van der Waals surface area contributed by atoms with Gasteiger partial charge in [-0.25, -0.2) is 4.79 Å². The molecular weight excluding hydrogens is 430 g/mol. The van der Waals surface area contributed by atoms with Crippen molar-refractivity contribution < 1.29 is 19.1 Å². The van der Waals surface area contributed by atoms with Crippen molar-refractivity contribution >= 4 is 11.9 Å². The summed E-state index contributed by atoms with van der Waals surface area (Å²) in [5.74, 6) is 1.25. The van der Waals surface area contributed by atoms with Crippen LogP contribution in [-0.4, -0.2) is 49.7 Å². The Balaban J connectivity index is 1.67. The molecule has 2 unspecified atom stereocenters. The second-order valence-electron chi connectivity index (χ2n) is 9.26. The van der Waals surface area contributed by atoms with Crippen LogP contribution in [0.4, 0.5) is 4.79 Å². The molecule has 7 nitrogen and oxygen atoms in total. The summed E-state index contributed by atoms with van der Waals surface area (Å²) in [6, 6.07) is 13.1. The summed E-state index contributed by atoms with van der Waals surface area (Å²) in [5.41, 5.74) is 3.14. The molecule has 3 atom stereocenters. The molecule has 7 heteroatoms. The largest absolute Gasteiger partial charge is 0.493 e. The number of urea groups is 1. The van der Waals surface area contributed by atoms with Crippen molar-refractivity contribution in [3.05, 3.63) is 59.2 Å². The fourth-order valence-corrected chi connectivity index (χ4v) is 4.60. The highest BCUT2D eigenvalue weighted by atomic mass is 16.5. The van der Waals surface area contributed by atoms with Crippen LogP contribution in [0.25, 0.3) is 0 Å². The van der Waals surface area contributed by atoms with Gasteiger partial charge in [-0.05, 0) is 54.0 Å². The van der Waals surface area contributed by atoms with Crippen molar-refractivity contribution in [2.24, 2.45) is 5.92 Å². The number of nitrogens with one attached hydrogen (secondary N) is 2. The van der Waals surface area contributed by atoms with Crippen molar-refractivity contribution in [2.75, 3.05) is 20.8 Å². The highest BCUT2D eigenvalue weighted by Gasteiger charge is 2.37. The number of ether oxygens (including phenoxy) is 2. The van der Waals surface area contributed by atoms with Crippen LogP contribution in [0.15, 0.2) is 42.5 Å². The smallest absolute Gasteiger partial charge is 0.318 e. The third-order valence-corrected chi connectivity index (χ3v) is 6.95. The molecular formula is C27H35N3O4. The molecule has 0 bridgehead atoms. The molecule has 2 aromatic rings. The third-order valence-electron chi connectivity index (χ3n) is 6.95. The molecule has 2 aromatic carbocycles. The van der Waals surface area contributed by atoms with Gasteiger partial charge >= 0.3 is 6.03 Å². The number of carbonyl (C=O) groups is 2.